The van der Waals surface area contributed by atoms with Crippen molar-refractivity contribution in [2.75, 3.05) is 19.6 Å². The number of thioether (sulfide) groups is 1. The predicted molar refractivity (Wildman–Crippen MR) is 114 cm³/mol. The van der Waals surface area contributed by atoms with Gasteiger partial charge in [-0.05, 0) is 37.0 Å². The summed E-state index contributed by atoms with van der Waals surface area (Å²) >= 11 is 1.56. The summed E-state index contributed by atoms with van der Waals surface area (Å²) in [5.41, 5.74) is 0.997. The van der Waals surface area contributed by atoms with E-state index in [0.717, 1.165) is 49.2 Å². The monoisotopic (exact) mass is 396 g/mol. The van der Waals surface area contributed by atoms with Crippen LogP contribution < -0.4 is 5.32 Å². The summed E-state index contributed by atoms with van der Waals surface area (Å²) in [6, 6.07) is 19.9. The maximum Gasteiger partial charge on any atom is 0.237 e. The summed E-state index contributed by atoms with van der Waals surface area (Å²) in [6.07, 6.45) is 4.67. The highest BCUT2D eigenvalue weighted by atomic mass is 32.2. The molecule has 1 N–H and O–H groups in total. The van der Waals surface area contributed by atoms with Crippen LogP contribution in [0.25, 0.3) is 0 Å². The van der Waals surface area contributed by atoms with Crippen molar-refractivity contribution in [3.05, 3.63) is 66.2 Å². The molecule has 0 radical (unpaired) electrons. The van der Waals surface area contributed by atoms with Crippen LogP contribution in [0.3, 0.4) is 0 Å². The summed E-state index contributed by atoms with van der Waals surface area (Å²) in [7, 11) is 0. The van der Waals surface area contributed by atoms with E-state index in [4.69, 9.17) is 0 Å². The molecule has 1 fully saturated rings. The Bertz CT molecular complexity index is 752. The Morgan fingerprint density at radius 3 is 2.46 bits per heavy atom. The molecule has 1 unspecified atom stereocenters. The minimum absolute atomic E-state index is 0.0160. The van der Waals surface area contributed by atoms with Crippen LogP contribution in [-0.2, 0) is 9.59 Å². The zero-order valence-corrected chi connectivity index (χ0v) is 17.0. The van der Waals surface area contributed by atoms with Gasteiger partial charge in [-0.15, -0.1) is 11.8 Å². The zero-order valence-electron chi connectivity index (χ0n) is 16.2. The SMILES string of the molecule is O=C(NCCCN1CCCCCC1=O)C(Sc1ccccc1)c1ccccc1. The van der Waals surface area contributed by atoms with Crippen LogP contribution in [0.15, 0.2) is 65.6 Å². The molecule has 0 aliphatic carbocycles. The number of amides is 2. The number of carbonyl (C=O) groups excluding carboxylic acids is 2. The molecule has 148 valence electrons. The molecule has 2 aromatic carbocycles. The number of nitrogens with zero attached hydrogens (tertiary/aromatic N) is 1. The third-order valence-corrected chi connectivity index (χ3v) is 6.18. The fraction of sp³-hybridized carbons (Fsp3) is 0.391. The van der Waals surface area contributed by atoms with Crippen molar-refractivity contribution in [3.63, 3.8) is 0 Å². The van der Waals surface area contributed by atoms with Gasteiger partial charge in [-0.3, -0.25) is 9.59 Å². The maximum absolute atomic E-state index is 12.9. The Labute approximate surface area is 171 Å². The van der Waals surface area contributed by atoms with Crippen molar-refractivity contribution >= 4 is 23.6 Å². The molecule has 0 aromatic heterocycles. The van der Waals surface area contributed by atoms with Gasteiger partial charge >= 0.3 is 0 Å². The highest BCUT2D eigenvalue weighted by Gasteiger charge is 2.22. The Hall–Kier alpha value is -2.27. The Morgan fingerprint density at radius 1 is 1.00 bits per heavy atom. The lowest BCUT2D eigenvalue weighted by Gasteiger charge is -2.21. The third-order valence-electron chi connectivity index (χ3n) is 4.91. The summed E-state index contributed by atoms with van der Waals surface area (Å²) in [4.78, 5) is 28.0. The molecule has 2 amide bonds. The smallest absolute Gasteiger partial charge is 0.237 e. The van der Waals surface area contributed by atoms with E-state index in [9.17, 15) is 9.59 Å². The van der Waals surface area contributed by atoms with Gasteiger partial charge in [0.15, 0.2) is 0 Å². The van der Waals surface area contributed by atoms with Crippen LogP contribution in [-0.4, -0.2) is 36.3 Å². The topological polar surface area (TPSA) is 49.4 Å². The van der Waals surface area contributed by atoms with Crippen molar-refractivity contribution < 1.29 is 9.59 Å². The molecule has 28 heavy (non-hydrogen) atoms. The molecule has 1 saturated heterocycles. The number of nitrogens with one attached hydrogen (secondary N) is 1. The second-order valence-corrected chi connectivity index (χ2v) is 8.24. The molecular weight excluding hydrogens is 368 g/mol. The second kappa shape index (κ2) is 10.9. The highest BCUT2D eigenvalue weighted by Crippen LogP contribution is 2.35. The number of hydrogen-bond acceptors (Lipinski definition) is 3. The maximum atomic E-state index is 12.9. The van der Waals surface area contributed by atoms with Crippen LogP contribution in [0.1, 0.15) is 42.9 Å². The van der Waals surface area contributed by atoms with Gasteiger partial charge in [-0.1, -0.05) is 55.0 Å². The van der Waals surface area contributed by atoms with Crippen molar-refractivity contribution in [3.8, 4) is 0 Å². The van der Waals surface area contributed by atoms with E-state index < -0.39 is 0 Å². The molecule has 2 aromatic rings. The molecule has 1 aliphatic rings. The number of carbonyl (C=O) groups is 2. The molecule has 1 heterocycles. The minimum atomic E-state index is -0.289. The first kappa shape index (κ1) is 20.5. The summed E-state index contributed by atoms with van der Waals surface area (Å²) < 4.78 is 0. The summed E-state index contributed by atoms with van der Waals surface area (Å²) in [6.45, 7) is 2.16. The predicted octanol–water partition coefficient (Wildman–Crippen LogP) is 4.43. The Morgan fingerprint density at radius 2 is 1.71 bits per heavy atom. The number of hydrogen-bond donors (Lipinski definition) is 1. The lowest BCUT2D eigenvalue weighted by Crippen LogP contribution is -2.34. The standard InChI is InChI=1S/C23H28N2O2S/c26-21-15-8-3-9-17-25(21)18-10-16-24-23(27)22(19-11-4-1-5-12-19)28-20-13-6-2-7-14-20/h1-2,4-7,11-14,22H,3,8-10,15-18H2,(H,24,27). The summed E-state index contributed by atoms with van der Waals surface area (Å²) in [5.74, 6) is 0.271. The first-order chi connectivity index (χ1) is 13.7. The second-order valence-electron chi connectivity index (χ2n) is 7.06. The van der Waals surface area contributed by atoms with Crippen LogP contribution in [0.5, 0.6) is 0 Å². The quantitative estimate of drug-likeness (QED) is 0.530. The van der Waals surface area contributed by atoms with E-state index in [1.54, 1.807) is 11.8 Å². The van der Waals surface area contributed by atoms with Gasteiger partial charge in [0.05, 0.1) is 0 Å². The average Bonchev–Trinajstić information content (AvgIpc) is 2.94. The molecule has 3 rings (SSSR count). The van der Waals surface area contributed by atoms with Gasteiger partial charge < -0.3 is 10.2 Å². The first-order valence-electron chi connectivity index (χ1n) is 10.1. The Balaban J connectivity index is 1.54. The molecule has 1 atom stereocenters. The fourth-order valence-electron chi connectivity index (χ4n) is 3.39. The summed E-state index contributed by atoms with van der Waals surface area (Å²) in [5, 5.41) is 2.79. The van der Waals surface area contributed by atoms with Gasteiger partial charge in [0, 0.05) is 31.0 Å². The van der Waals surface area contributed by atoms with Crippen molar-refractivity contribution in [2.24, 2.45) is 0 Å². The molecule has 0 saturated carbocycles. The molecular formula is C23H28N2O2S. The van der Waals surface area contributed by atoms with Gasteiger partial charge in [-0.2, -0.15) is 0 Å². The Kier molecular flexibility index (Phi) is 7.97. The van der Waals surface area contributed by atoms with E-state index >= 15 is 0 Å². The van der Waals surface area contributed by atoms with Gasteiger partial charge in [0.25, 0.3) is 0 Å². The normalized spacial score (nSPS) is 15.7. The molecule has 5 heteroatoms. The fourth-order valence-corrected chi connectivity index (χ4v) is 4.46. The zero-order chi connectivity index (χ0) is 19.6. The highest BCUT2D eigenvalue weighted by molar-refractivity contribution is 8.00. The van der Waals surface area contributed by atoms with Crippen molar-refractivity contribution in [2.45, 2.75) is 42.2 Å². The van der Waals surface area contributed by atoms with E-state index in [-0.39, 0.29) is 17.1 Å². The van der Waals surface area contributed by atoms with E-state index in [2.05, 4.69) is 5.32 Å². The minimum Gasteiger partial charge on any atom is -0.355 e. The van der Waals surface area contributed by atoms with Crippen LogP contribution in [0, 0.1) is 0 Å². The molecule has 0 spiro atoms. The van der Waals surface area contributed by atoms with Crippen LogP contribution in [0.4, 0.5) is 0 Å². The van der Waals surface area contributed by atoms with Crippen LogP contribution in [0.2, 0.25) is 0 Å². The van der Waals surface area contributed by atoms with Gasteiger partial charge in [0.2, 0.25) is 11.8 Å². The molecule has 0 bridgehead atoms. The van der Waals surface area contributed by atoms with Crippen LogP contribution >= 0.6 is 11.8 Å². The lowest BCUT2D eigenvalue weighted by atomic mass is 10.1. The third kappa shape index (κ3) is 6.13. The van der Waals surface area contributed by atoms with E-state index in [1.807, 2.05) is 65.6 Å². The van der Waals surface area contributed by atoms with Gasteiger partial charge in [0.1, 0.15) is 5.25 Å². The number of rotatable bonds is 8. The molecule has 1 aliphatic heterocycles. The van der Waals surface area contributed by atoms with Gasteiger partial charge in [-0.25, -0.2) is 0 Å². The van der Waals surface area contributed by atoms with Crippen molar-refractivity contribution in [1.29, 1.82) is 0 Å². The number of likely N-dealkylation sites (tertiary alicyclic amines) is 1. The largest absolute Gasteiger partial charge is 0.355 e. The first-order valence-corrected chi connectivity index (χ1v) is 10.9. The number of benzene rings is 2. The average molecular weight is 397 g/mol. The van der Waals surface area contributed by atoms with E-state index in [1.165, 1.54) is 0 Å². The van der Waals surface area contributed by atoms with E-state index in [0.29, 0.717) is 13.0 Å². The molecule has 4 nitrogen and oxygen atoms in total. The van der Waals surface area contributed by atoms with Crippen molar-refractivity contribution in [1.82, 2.24) is 10.2 Å². The lowest BCUT2D eigenvalue weighted by molar-refractivity contribution is -0.130.